The van der Waals surface area contributed by atoms with Gasteiger partial charge < -0.3 is 10.6 Å². The zero-order chi connectivity index (χ0) is 15.2. The van der Waals surface area contributed by atoms with Crippen molar-refractivity contribution in [2.45, 2.75) is 39.2 Å². The van der Waals surface area contributed by atoms with Crippen LogP contribution in [0.2, 0.25) is 0 Å². The second-order valence-corrected chi connectivity index (χ2v) is 6.84. The van der Waals surface area contributed by atoms with Gasteiger partial charge in [0.05, 0.1) is 0 Å². The Morgan fingerprint density at radius 2 is 2.18 bits per heavy atom. The Morgan fingerprint density at radius 3 is 2.82 bits per heavy atom. The molecule has 1 heterocycles. The molecule has 22 heavy (non-hydrogen) atoms. The van der Waals surface area contributed by atoms with Gasteiger partial charge in [0.15, 0.2) is 0 Å². The molecule has 0 radical (unpaired) electrons. The molecule has 0 saturated carbocycles. The minimum atomic E-state index is 0. The highest BCUT2D eigenvalue weighted by atomic mass is 79.9. The molecule has 0 bridgehead atoms. The summed E-state index contributed by atoms with van der Waals surface area (Å²) < 4.78 is 1.09. The van der Waals surface area contributed by atoms with Crippen LogP contribution >= 0.6 is 28.3 Å². The predicted octanol–water partition coefficient (Wildman–Crippen LogP) is 3.55. The topological polar surface area (TPSA) is 41.1 Å². The normalized spacial score (nSPS) is 22.5. The molecule has 1 aliphatic rings. The molecular weight excluding hydrogens is 364 g/mol. The lowest BCUT2D eigenvalue weighted by Crippen LogP contribution is -2.51. The van der Waals surface area contributed by atoms with Crippen molar-refractivity contribution in [3.8, 4) is 0 Å². The summed E-state index contributed by atoms with van der Waals surface area (Å²) in [6.07, 6.45) is 2.78. The second kappa shape index (κ2) is 9.53. The molecule has 0 aromatic heterocycles. The highest BCUT2D eigenvalue weighted by Gasteiger charge is 2.26. The molecule has 1 aliphatic heterocycles. The van der Waals surface area contributed by atoms with E-state index in [2.05, 4.69) is 46.5 Å². The molecule has 124 valence electrons. The Morgan fingerprint density at radius 1 is 1.45 bits per heavy atom. The molecule has 1 amide bonds. The van der Waals surface area contributed by atoms with Crippen molar-refractivity contribution < 1.29 is 4.79 Å². The highest BCUT2D eigenvalue weighted by molar-refractivity contribution is 9.10. The molecule has 1 fully saturated rings. The van der Waals surface area contributed by atoms with Crippen molar-refractivity contribution in [3.05, 3.63) is 34.3 Å². The van der Waals surface area contributed by atoms with Crippen molar-refractivity contribution in [3.63, 3.8) is 0 Å². The van der Waals surface area contributed by atoms with Crippen LogP contribution in [0.4, 0.5) is 0 Å². The first kappa shape index (κ1) is 19.5. The Labute approximate surface area is 148 Å². The number of hydrogen-bond acceptors (Lipinski definition) is 2. The van der Waals surface area contributed by atoms with E-state index in [4.69, 9.17) is 0 Å². The maximum atomic E-state index is 12.5. The third-order valence-electron chi connectivity index (χ3n) is 4.44. The van der Waals surface area contributed by atoms with Crippen molar-refractivity contribution in [2.24, 2.45) is 11.8 Å². The van der Waals surface area contributed by atoms with Crippen LogP contribution in [0.5, 0.6) is 0 Å². The molecule has 2 rings (SSSR count). The van der Waals surface area contributed by atoms with E-state index in [0.717, 1.165) is 36.8 Å². The number of carbonyl (C=O) groups excluding carboxylic acids is 1. The fraction of sp³-hybridized carbons (Fsp3) is 0.588. The average molecular weight is 390 g/mol. The third kappa shape index (κ3) is 5.25. The first-order chi connectivity index (χ1) is 10.1. The molecule has 5 heteroatoms. The molecular formula is C17H26BrClN2O. The first-order valence-electron chi connectivity index (χ1n) is 7.86. The number of carbonyl (C=O) groups is 1. The van der Waals surface area contributed by atoms with E-state index in [0.29, 0.717) is 5.92 Å². The summed E-state index contributed by atoms with van der Waals surface area (Å²) >= 11 is 3.57. The van der Waals surface area contributed by atoms with Gasteiger partial charge in [0, 0.05) is 23.0 Å². The lowest BCUT2D eigenvalue weighted by atomic mass is 9.92. The number of piperidine rings is 1. The van der Waals surface area contributed by atoms with Crippen LogP contribution in [0, 0.1) is 11.8 Å². The molecule has 0 spiro atoms. The molecule has 1 saturated heterocycles. The van der Waals surface area contributed by atoms with E-state index in [9.17, 15) is 4.79 Å². The van der Waals surface area contributed by atoms with Crippen molar-refractivity contribution >= 4 is 34.2 Å². The van der Waals surface area contributed by atoms with Crippen LogP contribution in [-0.2, 0) is 11.2 Å². The Bertz CT molecular complexity index is 483. The number of halogens is 2. The standard InChI is InChI=1S/C17H25BrN2O.ClH/c1-3-13(10-14-6-4-5-7-15(14)18)17(21)20-16-11-19-9-8-12(16)2;/h4-7,12-13,16,19H,3,8-11H2,1-2H3,(H,20,21);1H. The molecule has 2 N–H and O–H groups in total. The summed E-state index contributed by atoms with van der Waals surface area (Å²) in [5.41, 5.74) is 1.20. The van der Waals surface area contributed by atoms with Gasteiger partial charge in [-0.25, -0.2) is 0 Å². The van der Waals surface area contributed by atoms with Gasteiger partial charge in [-0.05, 0) is 43.4 Å². The zero-order valence-electron chi connectivity index (χ0n) is 13.3. The SMILES string of the molecule is CCC(Cc1ccccc1Br)C(=O)NC1CNCCC1C.Cl. The van der Waals surface area contributed by atoms with Gasteiger partial charge in [-0.2, -0.15) is 0 Å². The van der Waals surface area contributed by atoms with E-state index >= 15 is 0 Å². The molecule has 1 aromatic carbocycles. The Hall–Kier alpha value is -0.580. The smallest absolute Gasteiger partial charge is 0.223 e. The van der Waals surface area contributed by atoms with Crippen LogP contribution in [0.1, 0.15) is 32.3 Å². The summed E-state index contributed by atoms with van der Waals surface area (Å²) in [6, 6.07) is 8.42. The Kier molecular flexibility index (Phi) is 8.44. The monoisotopic (exact) mass is 388 g/mol. The van der Waals surface area contributed by atoms with Gasteiger partial charge >= 0.3 is 0 Å². The molecule has 3 atom stereocenters. The maximum absolute atomic E-state index is 12.5. The fourth-order valence-corrected chi connectivity index (χ4v) is 3.28. The Balaban J connectivity index is 0.00000242. The van der Waals surface area contributed by atoms with Gasteiger partial charge in [0.1, 0.15) is 0 Å². The quantitative estimate of drug-likeness (QED) is 0.808. The second-order valence-electron chi connectivity index (χ2n) is 5.99. The lowest BCUT2D eigenvalue weighted by Gasteiger charge is -2.31. The summed E-state index contributed by atoms with van der Waals surface area (Å²) in [7, 11) is 0. The number of benzene rings is 1. The van der Waals surface area contributed by atoms with Crippen molar-refractivity contribution in [1.29, 1.82) is 0 Å². The van der Waals surface area contributed by atoms with Crippen LogP contribution in [0.3, 0.4) is 0 Å². The number of rotatable bonds is 5. The van der Waals surface area contributed by atoms with Crippen LogP contribution < -0.4 is 10.6 Å². The zero-order valence-corrected chi connectivity index (χ0v) is 15.7. The minimum Gasteiger partial charge on any atom is -0.352 e. The van der Waals surface area contributed by atoms with E-state index < -0.39 is 0 Å². The predicted molar refractivity (Wildman–Crippen MR) is 97.5 cm³/mol. The minimum absolute atomic E-state index is 0. The highest BCUT2D eigenvalue weighted by Crippen LogP contribution is 2.21. The molecule has 1 aromatic rings. The summed E-state index contributed by atoms with van der Waals surface area (Å²) in [6.45, 7) is 6.25. The molecule has 3 unspecified atom stereocenters. The summed E-state index contributed by atoms with van der Waals surface area (Å²) in [5, 5.41) is 6.61. The van der Waals surface area contributed by atoms with Gasteiger partial charge in [0.25, 0.3) is 0 Å². The van der Waals surface area contributed by atoms with E-state index in [-0.39, 0.29) is 30.3 Å². The van der Waals surface area contributed by atoms with Crippen LogP contribution in [0.25, 0.3) is 0 Å². The summed E-state index contributed by atoms with van der Waals surface area (Å²) in [4.78, 5) is 12.5. The summed E-state index contributed by atoms with van der Waals surface area (Å²) in [5.74, 6) is 0.780. The largest absolute Gasteiger partial charge is 0.352 e. The molecule has 3 nitrogen and oxygen atoms in total. The van der Waals surface area contributed by atoms with Gasteiger partial charge in [-0.15, -0.1) is 12.4 Å². The maximum Gasteiger partial charge on any atom is 0.223 e. The van der Waals surface area contributed by atoms with Gasteiger partial charge in [0.2, 0.25) is 5.91 Å². The number of nitrogens with one attached hydrogen (secondary N) is 2. The third-order valence-corrected chi connectivity index (χ3v) is 5.22. The number of hydrogen-bond donors (Lipinski definition) is 2. The lowest BCUT2D eigenvalue weighted by molar-refractivity contribution is -0.126. The molecule has 0 aliphatic carbocycles. The van der Waals surface area contributed by atoms with Crippen molar-refractivity contribution in [2.75, 3.05) is 13.1 Å². The van der Waals surface area contributed by atoms with Crippen LogP contribution in [0.15, 0.2) is 28.7 Å². The van der Waals surface area contributed by atoms with Gasteiger partial charge in [-0.3, -0.25) is 4.79 Å². The number of amides is 1. The van der Waals surface area contributed by atoms with E-state index in [1.807, 2.05) is 18.2 Å². The van der Waals surface area contributed by atoms with Crippen molar-refractivity contribution in [1.82, 2.24) is 10.6 Å². The first-order valence-corrected chi connectivity index (χ1v) is 8.65. The van der Waals surface area contributed by atoms with E-state index in [1.165, 1.54) is 5.56 Å². The fourth-order valence-electron chi connectivity index (χ4n) is 2.84. The van der Waals surface area contributed by atoms with Gasteiger partial charge in [-0.1, -0.05) is 48.0 Å². The average Bonchev–Trinajstić information content (AvgIpc) is 2.48. The van der Waals surface area contributed by atoms with Crippen LogP contribution in [-0.4, -0.2) is 25.0 Å². The van der Waals surface area contributed by atoms with E-state index in [1.54, 1.807) is 0 Å².